The highest BCUT2D eigenvalue weighted by molar-refractivity contribution is 5.65. The van der Waals surface area contributed by atoms with Gasteiger partial charge < -0.3 is 5.73 Å². The molecule has 2 aliphatic rings. The Labute approximate surface area is 273 Å². The molecule has 7 atom stereocenters. The smallest absolute Gasteiger partial charge is 0.00672 e. The third-order valence-electron chi connectivity index (χ3n) is 11.9. The van der Waals surface area contributed by atoms with Gasteiger partial charge in [-0.25, -0.2) is 0 Å². The van der Waals surface area contributed by atoms with Gasteiger partial charge in [-0.2, -0.15) is 0 Å². The van der Waals surface area contributed by atoms with Crippen LogP contribution in [-0.4, -0.2) is 6.04 Å². The van der Waals surface area contributed by atoms with Crippen LogP contribution in [0.3, 0.4) is 0 Å². The lowest BCUT2D eigenvalue weighted by atomic mass is 9.58. The Morgan fingerprint density at radius 3 is 1.36 bits per heavy atom. The number of rotatable bonds is 9. The van der Waals surface area contributed by atoms with Crippen LogP contribution in [0.4, 0.5) is 0 Å². The summed E-state index contributed by atoms with van der Waals surface area (Å²) in [7, 11) is 0. The van der Waals surface area contributed by atoms with E-state index in [2.05, 4.69) is 125 Å². The van der Waals surface area contributed by atoms with Crippen molar-refractivity contribution in [3.05, 3.63) is 119 Å². The van der Waals surface area contributed by atoms with E-state index in [0.717, 1.165) is 31.1 Å². The van der Waals surface area contributed by atoms with E-state index < -0.39 is 0 Å². The molecule has 0 aromatic heterocycles. The number of aryl methyl sites for hydroxylation is 2. The van der Waals surface area contributed by atoms with Gasteiger partial charge in [0, 0.05) is 6.04 Å². The summed E-state index contributed by atoms with van der Waals surface area (Å²) in [4.78, 5) is 0. The highest BCUT2D eigenvalue weighted by Crippen LogP contribution is 2.52. The molecule has 0 bridgehead atoms. The van der Waals surface area contributed by atoms with Crippen LogP contribution in [0.5, 0.6) is 0 Å². The Balaban J connectivity index is 1.18. The van der Waals surface area contributed by atoms with Gasteiger partial charge in [0.25, 0.3) is 0 Å². The molecule has 4 aromatic rings. The second kappa shape index (κ2) is 14.5. The summed E-state index contributed by atoms with van der Waals surface area (Å²) in [6.07, 6.45) is 11.0. The van der Waals surface area contributed by atoms with E-state index in [4.69, 9.17) is 5.73 Å². The molecule has 2 fully saturated rings. The van der Waals surface area contributed by atoms with Crippen molar-refractivity contribution >= 4 is 0 Å². The number of nitrogens with two attached hydrogens (primary N) is 1. The van der Waals surface area contributed by atoms with Crippen LogP contribution in [0.2, 0.25) is 0 Å². The van der Waals surface area contributed by atoms with Crippen LogP contribution in [0.1, 0.15) is 107 Å². The Morgan fingerprint density at radius 2 is 0.933 bits per heavy atom. The highest BCUT2D eigenvalue weighted by Gasteiger charge is 2.42. The van der Waals surface area contributed by atoms with Crippen molar-refractivity contribution in [2.24, 2.45) is 29.4 Å². The van der Waals surface area contributed by atoms with Gasteiger partial charge in [0.05, 0.1) is 0 Å². The van der Waals surface area contributed by atoms with Gasteiger partial charge >= 0.3 is 0 Å². The van der Waals surface area contributed by atoms with Crippen molar-refractivity contribution in [1.29, 1.82) is 0 Å². The predicted octanol–water partition coefficient (Wildman–Crippen LogP) is 11.6. The second-order valence-corrected chi connectivity index (χ2v) is 14.4. The molecule has 0 amide bonds. The lowest BCUT2D eigenvalue weighted by Gasteiger charge is -2.48. The first-order valence-electron chi connectivity index (χ1n) is 18.1. The van der Waals surface area contributed by atoms with Gasteiger partial charge in [0.15, 0.2) is 0 Å². The SMILES string of the molecule is CCc1ccc(-c2ccc(C3CCC(C)C(C4CC(c5ccc(-c6ccc(CC)cc6)cc5)CCC4C(N)CC)C3)cc2)cc1. The Morgan fingerprint density at radius 1 is 0.533 bits per heavy atom. The summed E-state index contributed by atoms with van der Waals surface area (Å²) >= 11 is 0. The van der Waals surface area contributed by atoms with Crippen molar-refractivity contribution in [3.8, 4) is 22.3 Å². The fourth-order valence-corrected chi connectivity index (χ4v) is 8.88. The molecule has 45 heavy (non-hydrogen) atoms. The Kier molecular flexibility index (Phi) is 10.3. The quantitative estimate of drug-likeness (QED) is 0.204. The van der Waals surface area contributed by atoms with E-state index in [0.29, 0.717) is 29.7 Å². The largest absolute Gasteiger partial charge is 0.327 e. The molecule has 236 valence electrons. The average molecular weight is 598 g/mol. The zero-order valence-corrected chi connectivity index (χ0v) is 28.2. The van der Waals surface area contributed by atoms with E-state index in [1.807, 2.05) is 0 Å². The van der Waals surface area contributed by atoms with Crippen LogP contribution in [-0.2, 0) is 12.8 Å². The van der Waals surface area contributed by atoms with Crippen molar-refractivity contribution in [2.45, 2.75) is 103 Å². The Hall–Kier alpha value is -3.16. The number of benzene rings is 4. The molecule has 1 nitrogen and oxygen atoms in total. The lowest BCUT2D eigenvalue weighted by Crippen LogP contribution is -2.43. The lowest BCUT2D eigenvalue weighted by molar-refractivity contribution is 0.0592. The van der Waals surface area contributed by atoms with Crippen LogP contribution < -0.4 is 5.73 Å². The number of hydrogen-bond acceptors (Lipinski definition) is 1. The molecule has 2 aliphatic carbocycles. The minimum Gasteiger partial charge on any atom is -0.327 e. The maximum absolute atomic E-state index is 6.92. The fourth-order valence-electron chi connectivity index (χ4n) is 8.88. The van der Waals surface area contributed by atoms with Crippen molar-refractivity contribution in [1.82, 2.24) is 0 Å². The van der Waals surface area contributed by atoms with Crippen LogP contribution in [0.15, 0.2) is 97.1 Å². The van der Waals surface area contributed by atoms with Gasteiger partial charge in [-0.05, 0) is 138 Å². The zero-order chi connectivity index (χ0) is 31.3. The normalized spacial score (nSPS) is 26.0. The summed E-state index contributed by atoms with van der Waals surface area (Å²) in [6.45, 7) is 9.28. The van der Waals surface area contributed by atoms with Crippen molar-refractivity contribution < 1.29 is 0 Å². The maximum atomic E-state index is 6.92. The van der Waals surface area contributed by atoms with Gasteiger partial charge in [-0.3, -0.25) is 0 Å². The van der Waals surface area contributed by atoms with E-state index >= 15 is 0 Å². The minimum absolute atomic E-state index is 0.315. The van der Waals surface area contributed by atoms with Gasteiger partial charge in [-0.15, -0.1) is 0 Å². The third-order valence-corrected chi connectivity index (χ3v) is 11.9. The fraction of sp³-hybridized carbons (Fsp3) is 0.455. The first-order valence-corrected chi connectivity index (χ1v) is 18.1. The van der Waals surface area contributed by atoms with Gasteiger partial charge in [0.1, 0.15) is 0 Å². The molecule has 7 unspecified atom stereocenters. The monoisotopic (exact) mass is 597 g/mol. The summed E-state index contributed by atoms with van der Waals surface area (Å²) < 4.78 is 0. The van der Waals surface area contributed by atoms with Crippen LogP contribution >= 0.6 is 0 Å². The second-order valence-electron chi connectivity index (χ2n) is 14.4. The summed E-state index contributed by atoms with van der Waals surface area (Å²) in [6, 6.07) is 37.6. The third kappa shape index (κ3) is 7.15. The molecule has 2 N–H and O–H groups in total. The summed E-state index contributed by atoms with van der Waals surface area (Å²) in [5, 5.41) is 0. The number of hydrogen-bond donors (Lipinski definition) is 1. The van der Waals surface area contributed by atoms with Crippen LogP contribution in [0.25, 0.3) is 22.3 Å². The zero-order valence-electron chi connectivity index (χ0n) is 28.2. The minimum atomic E-state index is 0.315. The van der Waals surface area contributed by atoms with Crippen molar-refractivity contribution in [3.63, 3.8) is 0 Å². The molecule has 0 spiro atoms. The average Bonchev–Trinajstić information content (AvgIpc) is 3.11. The molecule has 1 heteroatoms. The molecule has 0 heterocycles. The van der Waals surface area contributed by atoms with Gasteiger partial charge in [-0.1, -0.05) is 125 Å². The molecule has 2 saturated carbocycles. The van der Waals surface area contributed by atoms with Crippen LogP contribution in [0, 0.1) is 23.7 Å². The molecule has 0 radical (unpaired) electrons. The first kappa shape index (κ1) is 31.8. The first-order chi connectivity index (χ1) is 22.0. The van der Waals surface area contributed by atoms with E-state index in [1.165, 1.54) is 83.0 Å². The Bertz CT molecular complexity index is 1480. The van der Waals surface area contributed by atoms with E-state index in [9.17, 15) is 0 Å². The predicted molar refractivity (Wildman–Crippen MR) is 194 cm³/mol. The van der Waals surface area contributed by atoms with E-state index in [1.54, 1.807) is 0 Å². The molecule has 0 aliphatic heterocycles. The maximum Gasteiger partial charge on any atom is 0.00672 e. The topological polar surface area (TPSA) is 26.0 Å². The summed E-state index contributed by atoms with van der Waals surface area (Å²) in [5.74, 6) is 4.14. The standard InChI is InChI=1S/C44H55N/c1-5-31-9-14-33(15-10-31)35-18-22-37(23-19-35)39-13-8-30(4)42(28-39)43-29-40(26-27-41(43)44(45)7-3)38-24-20-36(21-25-38)34-16-11-32(6-2)12-17-34/h9-12,14-25,30,39-44H,5-8,13,26-29,45H2,1-4H3. The summed E-state index contributed by atoms with van der Waals surface area (Å²) in [5.41, 5.74) is 18.1. The molecular formula is C44H55N. The molecule has 0 saturated heterocycles. The van der Waals surface area contributed by atoms with Gasteiger partial charge in [0.2, 0.25) is 0 Å². The highest BCUT2D eigenvalue weighted by atomic mass is 14.7. The molecule has 4 aromatic carbocycles. The van der Waals surface area contributed by atoms with E-state index in [-0.39, 0.29) is 0 Å². The van der Waals surface area contributed by atoms with Crippen molar-refractivity contribution in [2.75, 3.05) is 0 Å². The molecule has 6 rings (SSSR count). The molecular weight excluding hydrogens is 542 g/mol.